The van der Waals surface area contributed by atoms with Gasteiger partial charge in [0.1, 0.15) is 5.75 Å². The summed E-state index contributed by atoms with van der Waals surface area (Å²) in [6, 6.07) is 14.1. The van der Waals surface area contributed by atoms with Crippen molar-refractivity contribution in [1.82, 2.24) is 0 Å². The van der Waals surface area contributed by atoms with Crippen LogP contribution in [0.15, 0.2) is 71.6 Å². The Labute approximate surface area is 189 Å². The second-order valence-electron chi connectivity index (χ2n) is 6.80. The Balaban J connectivity index is 1.70. The number of halogens is 2. The zero-order valence-corrected chi connectivity index (χ0v) is 18.4. The number of carbonyl (C=O) groups excluding carboxylic acids is 2. The van der Waals surface area contributed by atoms with Crippen molar-refractivity contribution in [2.24, 2.45) is 0 Å². The molecule has 7 nitrogen and oxygen atoms in total. The lowest BCUT2D eigenvalue weighted by atomic mass is 10.1. The highest BCUT2D eigenvalue weighted by Gasteiger charge is 2.24. The molecule has 3 rings (SSSR count). The SMILES string of the molecule is COc1ccccc1N(C)S(=O)(=O)c1ccc(C(=O)OCC(=O)c2ccc(F)c(F)c2)cc1. The van der Waals surface area contributed by atoms with Gasteiger partial charge in [0.05, 0.1) is 23.3 Å². The van der Waals surface area contributed by atoms with Crippen LogP contribution < -0.4 is 9.04 Å². The summed E-state index contributed by atoms with van der Waals surface area (Å²) < 4.78 is 63.3. The fourth-order valence-corrected chi connectivity index (χ4v) is 4.11. The normalized spacial score (nSPS) is 11.0. The minimum absolute atomic E-state index is 0.00646. The largest absolute Gasteiger partial charge is 0.495 e. The van der Waals surface area contributed by atoms with Crippen molar-refractivity contribution in [3.63, 3.8) is 0 Å². The Morgan fingerprint density at radius 1 is 0.909 bits per heavy atom. The number of nitrogens with zero attached hydrogens (tertiary/aromatic N) is 1. The number of ether oxygens (including phenoxy) is 2. The molecule has 0 bridgehead atoms. The van der Waals surface area contributed by atoms with Crippen LogP contribution in [0.3, 0.4) is 0 Å². The highest BCUT2D eigenvalue weighted by atomic mass is 32.2. The number of carbonyl (C=O) groups is 2. The quantitative estimate of drug-likeness (QED) is 0.363. The summed E-state index contributed by atoms with van der Waals surface area (Å²) in [5, 5.41) is 0. The first-order valence-corrected chi connectivity index (χ1v) is 11.0. The number of hydrogen-bond donors (Lipinski definition) is 0. The van der Waals surface area contributed by atoms with Crippen LogP contribution in [0.25, 0.3) is 0 Å². The molecular weight excluding hydrogens is 456 g/mol. The van der Waals surface area contributed by atoms with Crippen molar-refractivity contribution < 1.29 is 36.3 Å². The third-order valence-corrected chi connectivity index (χ3v) is 6.53. The number of sulfonamides is 1. The predicted octanol–water partition coefficient (Wildman–Crippen LogP) is 3.84. The third kappa shape index (κ3) is 5.17. The van der Waals surface area contributed by atoms with Crippen LogP contribution in [-0.4, -0.2) is 40.9 Å². The zero-order chi connectivity index (χ0) is 24.2. The van der Waals surface area contributed by atoms with Gasteiger partial charge < -0.3 is 9.47 Å². The van der Waals surface area contributed by atoms with E-state index in [9.17, 15) is 26.8 Å². The van der Waals surface area contributed by atoms with Crippen LogP contribution in [0.4, 0.5) is 14.5 Å². The van der Waals surface area contributed by atoms with Gasteiger partial charge in [-0.15, -0.1) is 0 Å². The van der Waals surface area contributed by atoms with Gasteiger partial charge in [-0.3, -0.25) is 9.10 Å². The van der Waals surface area contributed by atoms with Gasteiger partial charge in [0, 0.05) is 12.6 Å². The van der Waals surface area contributed by atoms with Gasteiger partial charge >= 0.3 is 5.97 Å². The van der Waals surface area contributed by atoms with Crippen LogP contribution in [0, 0.1) is 11.6 Å². The van der Waals surface area contributed by atoms with Crippen molar-refractivity contribution in [2.75, 3.05) is 25.1 Å². The smallest absolute Gasteiger partial charge is 0.338 e. The molecule has 172 valence electrons. The third-order valence-electron chi connectivity index (χ3n) is 4.75. The molecule has 0 N–H and O–H groups in total. The molecule has 33 heavy (non-hydrogen) atoms. The maximum Gasteiger partial charge on any atom is 0.338 e. The van der Waals surface area contributed by atoms with E-state index in [-0.39, 0.29) is 16.0 Å². The number of Topliss-reactive ketones (excluding diaryl/α,β-unsaturated/α-hetero) is 1. The minimum Gasteiger partial charge on any atom is -0.495 e. The molecule has 0 aromatic heterocycles. The van der Waals surface area contributed by atoms with E-state index >= 15 is 0 Å². The van der Waals surface area contributed by atoms with Crippen LogP contribution in [0.5, 0.6) is 5.75 Å². The first-order valence-electron chi connectivity index (χ1n) is 9.52. The van der Waals surface area contributed by atoms with Gasteiger partial charge in [-0.1, -0.05) is 12.1 Å². The number of esters is 1. The second-order valence-corrected chi connectivity index (χ2v) is 8.77. The van der Waals surface area contributed by atoms with Crippen LogP contribution in [0.2, 0.25) is 0 Å². The molecule has 3 aromatic carbocycles. The lowest BCUT2D eigenvalue weighted by molar-refractivity contribution is 0.0474. The Kier molecular flexibility index (Phi) is 7.07. The maximum atomic E-state index is 13.3. The fraction of sp³-hybridized carbons (Fsp3) is 0.130. The van der Waals surface area contributed by atoms with E-state index in [1.807, 2.05) is 0 Å². The van der Waals surface area contributed by atoms with Gasteiger partial charge in [-0.05, 0) is 54.6 Å². The molecule has 10 heteroatoms. The summed E-state index contributed by atoms with van der Waals surface area (Å²) in [5.74, 6) is -3.53. The molecule has 0 aliphatic heterocycles. The van der Waals surface area contributed by atoms with Crippen molar-refractivity contribution in [3.8, 4) is 5.75 Å². The van der Waals surface area contributed by atoms with Crippen LogP contribution >= 0.6 is 0 Å². The summed E-state index contributed by atoms with van der Waals surface area (Å²) >= 11 is 0. The monoisotopic (exact) mass is 475 g/mol. The van der Waals surface area contributed by atoms with Gasteiger partial charge in [-0.25, -0.2) is 22.0 Å². The molecule has 3 aromatic rings. The van der Waals surface area contributed by atoms with Gasteiger partial charge in [-0.2, -0.15) is 0 Å². The first kappa shape index (κ1) is 23.9. The number of anilines is 1. The van der Waals surface area contributed by atoms with E-state index in [1.165, 1.54) is 38.4 Å². The van der Waals surface area contributed by atoms with Crippen molar-refractivity contribution in [3.05, 3.63) is 89.5 Å². The molecule has 0 aliphatic rings. The van der Waals surface area contributed by atoms with Gasteiger partial charge in [0.25, 0.3) is 10.0 Å². The van der Waals surface area contributed by atoms with E-state index in [0.29, 0.717) is 17.5 Å². The lowest BCUT2D eigenvalue weighted by Crippen LogP contribution is -2.27. The molecule has 0 spiro atoms. The topological polar surface area (TPSA) is 90.0 Å². The number of hydrogen-bond acceptors (Lipinski definition) is 6. The molecule has 0 atom stereocenters. The highest BCUT2D eigenvalue weighted by molar-refractivity contribution is 7.92. The van der Waals surface area contributed by atoms with Crippen molar-refractivity contribution >= 4 is 27.5 Å². The summed E-state index contributed by atoms with van der Waals surface area (Å²) in [6.07, 6.45) is 0. The molecule has 0 amide bonds. The standard InChI is InChI=1S/C23H19F2NO6S/c1-26(20-5-3-4-6-22(20)31-2)33(29,30)17-10-7-15(8-11-17)23(28)32-14-21(27)16-9-12-18(24)19(25)13-16/h3-13H,14H2,1-2H3. The highest BCUT2D eigenvalue weighted by Crippen LogP contribution is 2.30. The van der Waals surface area contributed by atoms with Crippen LogP contribution in [0.1, 0.15) is 20.7 Å². The average molecular weight is 475 g/mol. The lowest BCUT2D eigenvalue weighted by Gasteiger charge is -2.21. The Hall–Kier alpha value is -3.79. The summed E-state index contributed by atoms with van der Waals surface area (Å²) in [5.41, 5.74) is 0.189. The molecule has 0 fully saturated rings. The maximum absolute atomic E-state index is 13.3. The molecule has 0 unspecified atom stereocenters. The molecule has 0 saturated carbocycles. The van der Waals surface area contributed by atoms with E-state index in [1.54, 1.807) is 24.3 Å². The number of ketones is 1. The van der Waals surface area contributed by atoms with E-state index < -0.39 is 40.0 Å². The Morgan fingerprint density at radius 2 is 1.55 bits per heavy atom. The molecule has 0 aliphatic carbocycles. The predicted molar refractivity (Wildman–Crippen MR) is 116 cm³/mol. The van der Waals surface area contributed by atoms with Crippen LogP contribution in [-0.2, 0) is 14.8 Å². The van der Waals surface area contributed by atoms with E-state index in [4.69, 9.17) is 9.47 Å². The molecule has 0 radical (unpaired) electrons. The summed E-state index contributed by atoms with van der Waals surface area (Å²) in [6.45, 7) is -0.694. The second kappa shape index (κ2) is 9.78. The van der Waals surface area contributed by atoms with Crippen molar-refractivity contribution in [2.45, 2.75) is 4.90 Å². The van der Waals surface area contributed by atoms with E-state index in [2.05, 4.69) is 0 Å². The molecule has 0 heterocycles. The van der Waals surface area contributed by atoms with Gasteiger partial charge in [0.15, 0.2) is 24.0 Å². The number of methoxy groups -OCH3 is 1. The minimum atomic E-state index is -3.96. The first-order chi connectivity index (χ1) is 15.6. The van der Waals surface area contributed by atoms with Gasteiger partial charge in [0.2, 0.25) is 0 Å². The molecule has 0 saturated heterocycles. The number of benzene rings is 3. The Bertz CT molecular complexity index is 1290. The van der Waals surface area contributed by atoms with E-state index in [0.717, 1.165) is 16.4 Å². The number of rotatable bonds is 8. The zero-order valence-electron chi connectivity index (χ0n) is 17.6. The average Bonchev–Trinajstić information content (AvgIpc) is 2.83. The Morgan fingerprint density at radius 3 is 2.18 bits per heavy atom. The van der Waals surface area contributed by atoms with Crippen molar-refractivity contribution in [1.29, 1.82) is 0 Å². The summed E-state index contributed by atoms with van der Waals surface area (Å²) in [7, 11) is -1.15. The fourth-order valence-electron chi connectivity index (χ4n) is 2.91. The number of para-hydroxylation sites is 2. The summed E-state index contributed by atoms with van der Waals surface area (Å²) in [4.78, 5) is 24.2. The molecular formula is C23H19F2NO6S.